The lowest BCUT2D eigenvalue weighted by Crippen LogP contribution is -2.25. The fourth-order valence-corrected chi connectivity index (χ4v) is 3.42. The van der Waals surface area contributed by atoms with Crippen LogP contribution in [0.15, 0.2) is 18.2 Å². The van der Waals surface area contributed by atoms with Gasteiger partial charge >= 0.3 is 0 Å². The van der Waals surface area contributed by atoms with E-state index in [-0.39, 0.29) is 0 Å². The maximum absolute atomic E-state index is 4.73. The van der Waals surface area contributed by atoms with Gasteiger partial charge in [-0.2, -0.15) is 0 Å². The summed E-state index contributed by atoms with van der Waals surface area (Å²) in [6.07, 6.45) is 5.43. The number of rotatable bonds is 3. The number of aryl methyl sites for hydroxylation is 3. The Morgan fingerprint density at radius 2 is 1.85 bits per heavy atom. The Kier molecular flexibility index (Phi) is 3.75. The number of hydrogen-bond donors (Lipinski definition) is 1. The van der Waals surface area contributed by atoms with Crippen LogP contribution in [-0.2, 0) is 6.54 Å². The van der Waals surface area contributed by atoms with Crippen molar-refractivity contribution in [3.63, 3.8) is 0 Å². The van der Waals surface area contributed by atoms with Crippen LogP contribution in [0.2, 0.25) is 0 Å². The number of nitrogens with one attached hydrogen (secondary N) is 1. The molecule has 2 nitrogen and oxygen atoms in total. The molecule has 0 atom stereocenters. The minimum atomic E-state index is 0.712. The summed E-state index contributed by atoms with van der Waals surface area (Å²) in [6, 6.07) is 7.46. The summed E-state index contributed by atoms with van der Waals surface area (Å²) in [5, 5.41) is 5.05. The van der Waals surface area contributed by atoms with E-state index in [9.17, 15) is 0 Å². The summed E-state index contributed by atoms with van der Waals surface area (Å²) < 4.78 is 0. The standard InChI is InChI=1S/C18H24N2/c1-12-8-13(2)18-17(9-12)15(10-14(3)20-18)11-19-16-6-4-5-7-16/h8-10,16,19H,4-7,11H2,1-3H3. The molecule has 1 aromatic heterocycles. The van der Waals surface area contributed by atoms with Crippen molar-refractivity contribution in [3.05, 3.63) is 40.6 Å². The normalized spacial score (nSPS) is 16.1. The highest BCUT2D eigenvalue weighted by Crippen LogP contribution is 2.24. The Morgan fingerprint density at radius 1 is 1.10 bits per heavy atom. The zero-order chi connectivity index (χ0) is 14.1. The molecule has 1 aliphatic rings. The second kappa shape index (κ2) is 5.53. The van der Waals surface area contributed by atoms with Crippen LogP contribution in [-0.4, -0.2) is 11.0 Å². The summed E-state index contributed by atoms with van der Waals surface area (Å²) in [7, 11) is 0. The molecule has 1 aliphatic carbocycles. The molecule has 1 fully saturated rings. The maximum Gasteiger partial charge on any atom is 0.0737 e. The molecular weight excluding hydrogens is 244 g/mol. The van der Waals surface area contributed by atoms with Gasteiger partial charge in [-0.05, 0) is 56.9 Å². The van der Waals surface area contributed by atoms with E-state index < -0.39 is 0 Å². The van der Waals surface area contributed by atoms with Crippen molar-refractivity contribution < 1.29 is 0 Å². The average Bonchev–Trinajstić information content (AvgIpc) is 2.90. The first-order chi connectivity index (χ1) is 9.63. The predicted molar refractivity (Wildman–Crippen MR) is 85.0 cm³/mol. The Labute approximate surface area is 121 Å². The van der Waals surface area contributed by atoms with Gasteiger partial charge in [-0.1, -0.05) is 24.5 Å². The lowest BCUT2D eigenvalue weighted by molar-refractivity contribution is 0.525. The van der Waals surface area contributed by atoms with E-state index in [0.29, 0.717) is 6.04 Å². The van der Waals surface area contributed by atoms with E-state index in [1.807, 2.05) is 0 Å². The molecule has 0 unspecified atom stereocenters. The van der Waals surface area contributed by atoms with Crippen LogP contribution in [0.1, 0.15) is 48.1 Å². The summed E-state index contributed by atoms with van der Waals surface area (Å²) in [5.41, 5.74) is 6.28. The fourth-order valence-electron chi connectivity index (χ4n) is 3.42. The van der Waals surface area contributed by atoms with Crippen LogP contribution in [0.5, 0.6) is 0 Å². The van der Waals surface area contributed by atoms with E-state index in [1.54, 1.807) is 0 Å². The Bertz CT molecular complexity index is 625. The average molecular weight is 268 g/mol. The van der Waals surface area contributed by atoms with Gasteiger partial charge in [0.1, 0.15) is 0 Å². The van der Waals surface area contributed by atoms with Gasteiger partial charge in [0.25, 0.3) is 0 Å². The first-order valence-corrected chi connectivity index (χ1v) is 7.74. The van der Waals surface area contributed by atoms with Gasteiger partial charge in [-0.3, -0.25) is 4.98 Å². The summed E-state index contributed by atoms with van der Waals surface area (Å²) in [4.78, 5) is 4.73. The van der Waals surface area contributed by atoms with Gasteiger partial charge < -0.3 is 5.32 Å². The molecule has 1 heterocycles. The quantitative estimate of drug-likeness (QED) is 0.902. The first-order valence-electron chi connectivity index (χ1n) is 7.74. The van der Waals surface area contributed by atoms with Gasteiger partial charge in [0, 0.05) is 23.7 Å². The van der Waals surface area contributed by atoms with Crippen molar-refractivity contribution in [1.29, 1.82) is 0 Å². The van der Waals surface area contributed by atoms with Crippen molar-refractivity contribution in [2.75, 3.05) is 0 Å². The third-order valence-electron chi connectivity index (χ3n) is 4.40. The molecule has 1 saturated carbocycles. The highest BCUT2D eigenvalue weighted by molar-refractivity contribution is 5.86. The first kappa shape index (κ1) is 13.6. The van der Waals surface area contributed by atoms with Crippen LogP contribution < -0.4 is 5.32 Å². The maximum atomic E-state index is 4.73. The molecule has 0 aliphatic heterocycles. The second-order valence-corrected chi connectivity index (χ2v) is 6.26. The van der Waals surface area contributed by atoms with Crippen LogP contribution in [0.4, 0.5) is 0 Å². The third kappa shape index (κ3) is 2.71. The molecule has 106 valence electrons. The lowest BCUT2D eigenvalue weighted by Gasteiger charge is -2.15. The second-order valence-electron chi connectivity index (χ2n) is 6.26. The Morgan fingerprint density at radius 3 is 2.60 bits per heavy atom. The zero-order valence-electron chi connectivity index (χ0n) is 12.8. The molecule has 1 aromatic carbocycles. The minimum Gasteiger partial charge on any atom is -0.310 e. The smallest absolute Gasteiger partial charge is 0.0737 e. The van der Waals surface area contributed by atoms with Crippen molar-refractivity contribution in [3.8, 4) is 0 Å². The monoisotopic (exact) mass is 268 g/mol. The van der Waals surface area contributed by atoms with Gasteiger partial charge in [0.05, 0.1) is 5.52 Å². The van der Waals surface area contributed by atoms with E-state index >= 15 is 0 Å². The number of pyridine rings is 1. The molecule has 0 saturated heterocycles. The highest BCUT2D eigenvalue weighted by Gasteiger charge is 2.15. The molecule has 0 radical (unpaired) electrons. The van der Waals surface area contributed by atoms with Crippen LogP contribution >= 0.6 is 0 Å². The Hall–Kier alpha value is -1.41. The van der Waals surface area contributed by atoms with Gasteiger partial charge in [-0.15, -0.1) is 0 Å². The number of fused-ring (bicyclic) bond motifs is 1. The fraction of sp³-hybridized carbons (Fsp3) is 0.500. The van der Waals surface area contributed by atoms with E-state index in [0.717, 1.165) is 12.2 Å². The van der Waals surface area contributed by atoms with Gasteiger partial charge in [0.15, 0.2) is 0 Å². The van der Waals surface area contributed by atoms with Crippen LogP contribution in [0.25, 0.3) is 10.9 Å². The minimum absolute atomic E-state index is 0.712. The largest absolute Gasteiger partial charge is 0.310 e. The molecule has 1 N–H and O–H groups in total. The molecule has 0 amide bonds. The number of aromatic nitrogens is 1. The van der Waals surface area contributed by atoms with Crippen molar-refractivity contribution in [1.82, 2.24) is 10.3 Å². The summed E-state index contributed by atoms with van der Waals surface area (Å²) in [6.45, 7) is 7.39. The van der Waals surface area contributed by atoms with Gasteiger partial charge in [0.2, 0.25) is 0 Å². The number of benzene rings is 1. The van der Waals surface area contributed by atoms with Crippen LogP contribution in [0, 0.1) is 20.8 Å². The lowest BCUT2D eigenvalue weighted by atomic mass is 10.0. The summed E-state index contributed by atoms with van der Waals surface area (Å²) in [5.74, 6) is 0. The van der Waals surface area contributed by atoms with E-state index in [2.05, 4.69) is 44.3 Å². The molecule has 0 bridgehead atoms. The molecule has 2 heteroatoms. The SMILES string of the molecule is Cc1cc(C)c2nc(C)cc(CNC3CCCC3)c2c1. The predicted octanol–water partition coefficient (Wildman–Crippen LogP) is 4.19. The Balaban J connectivity index is 1.95. The zero-order valence-corrected chi connectivity index (χ0v) is 12.8. The van der Waals surface area contributed by atoms with E-state index in [4.69, 9.17) is 4.98 Å². The molecule has 20 heavy (non-hydrogen) atoms. The molecule has 3 rings (SSSR count). The van der Waals surface area contributed by atoms with Crippen molar-refractivity contribution >= 4 is 10.9 Å². The topological polar surface area (TPSA) is 24.9 Å². The molecule has 0 spiro atoms. The summed E-state index contributed by atoms with van der Waals surface area (Å²) >= 11 is 0. The third-order valence-corrected chi connectivity index (χ3v) is 4.40. The van der Waals surface area contributed by atoms with Gasteiger partial charge in [-0.25, -0.2) is 0 Å². The van der Waals surface area contributed by atoms with Crippen LogP contribution in [0.3, 0.4) is 0 Å². The van der Waals surface area contributed by atoms with Crippen molar-refractivity contribution in [2.24, 2.45) is 0 Å². The number of hydrogen-bond acceptors (Lipinski definition) is 2. The molecule has 2 aromatic rings. The van der Waals surface area contributed by atoms with E-state index in [1.165, 1.54) is 53.3 Å². The highest BCUT2D eigenvalue weighted by atomic mass is 14.9. The molecular formula is C18H24N2. The van der Waals surface area contributed by atoms with Crippen molar-refractivity contribution in [2.45, 2.75) is 59.0 Å². The number of nitrogens with zero attached hydrogens (tertiary/aromatic N) is 1.